The van der Waals surface area contributed by atoms with Gasteiger partial charge in [0.05, 0.1) is 6.54 Å². The van der Waals surface area contributed by atoms with Crippen molar-refractivity contribution in [3.8, 4) is 0 Å². The first-order valence-electron chi connectivity index (χ1n) is 6.07. The Morgan fingerprint density at radius 2 is 1.95 bits per heavy atom. The van der Waals surface area contributed by atoms with Crippen LogP contribution in [-0.4, -0.2) is 26.7 Å². The Balaban J connectivity index is 2.43. The van der Waals surface area contributed by atoms with Crippen molar-refractivity contribution in [2.45, 2.75) is 20.4 Å². The van der Waals surface area contributed by atoms with Gasteiger partial charge in [-0.25, -0.2) is 9.37 Å². The Morgan fingerprint density at radius 3 is 2.55 bits per heavy atom. The van der Waals surface area contributed by atoms with Gasteiger partial charge in [-0.3, -0.25) is 9.36 Å². The minimum absolute atomic E-state index is 0.0470. The summed E-state index contributed by atoms with van der Waals surface area (Å²) in [6.07, 6.45) is 0. The lowest BCUT2D eigenvalue weighted by Crippen LogP contribution is -2.31. The van der Waals surface area contributed by atoms with Gasteiger partial charge < -0.3 is 10.0 Å². The van der Waals surface area contributed by atoms with Crippen molar-refractivity contribution < 1.29 is 14.4 Å². The van der Waals surface area contributed by atoms with Crippen molar-refractivity contribution in [2.24, 2.45) is 0 Å². The summed E-state index contributed by atoms with van der Waals surface area (Å²) in [5.41, 5.74) is 0.898. The zero-order valence-electron chi connectivity index (χ0n) is 11.2. The maximum Gasteiger partial charge on any atom is 0.488 e. The average Bonchev–Trinajstić information content (AvgIpc) is 2.33. The topological polar surface area (TPSA) is 75.4 Å². The summed E-state index contributed by atoms with van der Waals surface area (Å²) >= 11 is 0. The summed E-state index contributed by atoms with van der Waals surface area (Å²) in [6, 6.07) is 5.13. The molecular formula is C13H14BFN2O3. The predicted molar refractivity (Wildman–Crippen MR) is 73.3 cm³/mol. The quantitative estimate of drug-likeness (QED) is 0.756. The van der Waals surface area contributed by atoms with Crippen LogP contribution in [0.15, 0.2) is 29.1 Å². The number of hydrogen-bond acceptors (Lipinski definition) is 4. The smallest absolute Gasteiger partial charge is 0.423 e. The van der Waals surface area contributed by atoms with Crippen LogP contribution in [0, 0.1) is 19.7 Å². The molecule has 1 aromatic carbocycles. The Labute approximate surface area is 115 Å². The van der Waals surface area contributed by atoms with E-state index in [0.29, 0.717) is 17.1 Å². The van der Waals surface area contributed by atoms with Gasteiger partial charge in [-0.2, -0.15) is 0 Å². The zero-order valence-corrected chi connectivity index (χ0v) is 11.2. The summed E-state index contributed by atoms with van der Waals surface area (Å²) in [4.78, 5) is 16.1. The molecule has 0 radical (unpaired) electrons. The van der Waals surface area contributed by atoms with Gasteiger partial charge in [0.1, 0.15) is 11.6 Å². The van der Waals surface area contributed by atoms with Crippen molar-refractivity contribution in [3.63, 3.8) is 0 Å². The summed E-state index contributed by atoms with van der Waals surface area (Å²) in [7, 11) is -1.75. The van der Waals surface area contributed by atoms with E-state index in [-0.39, 0.29) is 17.6 Å². The van der Waals surface area contributed by atoms with Gasteiger partial charge in [0, 0.05) is 11.8 Å². The molecule has 0 atom stereocenters. The normalized spacial score (nSPS) is 10.7. The average molecular weight is 276 g/mol. The third-order valence-corrected chi connectivity index (χ3v) is 2.95. The Bertz CT molecular complexity index is 701. The van der Waals surface area contributed by atoms with Gasteiger partial charge in [-0.05, 0) is 37.0 Å². The molecule has 5 nitrogen and oxygen atoms in total. The van der Waals surface area contributed by atoms with Gasteiger partial charge in [0.25, 0.3) is 5.56 Å². The molecule has 0 bridgehead atoms. The molecule has 0 saturated carbocycles. The number of aryl methyl sites for hydroxylation is 2. The lowest BCUT2D eigenvalue weighted by atomic mass is 9.79. The number of rotatable bonds is 3. The summed E-state index contributed by atoms with van der Waals surface area (Å²) in [5, 5.41) is 18.2. The van der Waals surface area contributed by atoms with Crippen molar-refractivity contribution in [1.82, 2.24) is 9.55 Å². The molecule has 0 aliphatic rings. The van der Waals surface area contributed by atoms with Crippen LogP contribution in [-0.2, 0) is 6.54 Å². The molecule has 0 fully saturated rings. The fraction of sp³-hybridized carbons (Fsp3) is 0.231. The van der Waals surface area contributed by atoms with E-state index in [1.54, 1.807) is 13.8 Å². The number of halogens is 1. The second-order valence-corrected chi connectivity index (χ2v) is 4.64. The van der Waals surface area contributed by atoms with Crippen LogP contribution in [0.25, 0.3) is 0 Å². The highest BCUT2D eigenvalue weighted by atomic mass is 19.1. The molecule has 0 amide bonds. The van der Waals surface area contributed by atoms with Crippen molar-refractivity contribution in [1.29, 1.82) is 0 Å². The number of hydrogen-bond donors (Lipinski definition) is 2. The van der Waals surface area contributed by atoms with E-state index in [4.69, 9.17) is 10.0 Å². The van der Waals surface area contributed by atoms with Gasteiger partial charge in [0.2, 0.25) is 0 Å². The number of nitrogens with zero attached hydrogens (tertiary/aromatic N) is 2. The highest BCUT2D eigenvalue weighted by molar-refractivity contribution is 6.58. The molecule has 2 N–H and O–H groups in total. The highest BCUT2D eigenvalue weighted by Crippen LogP contribution is 2.05. The van der Waals surface area contributed by atoms with Crippen molar-refractivity contribution >= 4 is 12.6 Å². The minimum atomic E-state index is -1.75. The highest BCUT2D eigenvalue weighted by Gasteiger charge is 2.14. The first-order chi connectivity index (χ1) is 9.36. The van der Waals surface area contributed by atoms with Gasteiger partial charge in [0.15, 0.2) is 0 Å². The molecule has 0 aliphatic heterocycles. The lowest BCUT2D eigenvalue weighted by Gasteiger charge is -2.11. The fourth-order valence-corrected chi connectivity index (χ4v) is 2.05. The summed E-state index contributed by atoms with van der Waals surface area (Å²) in [5.74, 6) is -0.0678. The summed E-state index contributed by atoms with van der Waals surface area (Å²) < 4.78 is 14.8. The second kappa shape index (κ2) is 5.56. The van der Waals surface area contributed by atoms with E-state index in [0.717, 1.165) is 6.07 Å². The van der Waals surface area contributed by atoms with Crippen LogP contribution >= 0.6 is 0 Å². The van der Waals surface area contributed by atoms with Crippen LogP contribution in [0.4, 0.5) is 4.39 Å². The Hall–Kier alpha value is -1.99. The zero-order chi connectivity index (χ0) is 14.9. The van der Waals surface area contributed by atoms with E-state index >= 15 is 0 Å². The second-order valence-electron chi connectivity index (χ2n) is 4.64. The molecule has 0 saturated heterocycles. The summed E-state index contributed by atoms with van der Waals surface area (Å²) in [6.45, 7) is 3.53. The first-order valence-corrected chi connectivity index (χ1v) is 6.07. The van der Waals surface area contributed by atoms with Crippen LogP contribution < -0.4 is 11.0 Å². The molecule has 0 unspecified atom stereocenters. The molecule has 20 heavy (non-hydrogen) atoms. The van der Waals surface area contributed by atoms with E-state index in [1.807, 2.05) is 0 Å². The largest absolute Gasteiger partial charge is 0.488 e. The van der Waals surface area contributed by atoms with E-state index in [9.17, 15) is 9.18 Å². The van der Waals surface area contributed by atoms with E-state index in [2.05, 4.69) is 4.98 Å². The standard InChI is InChI=1S/C13H14BFN2O3/c1-8-3-13(18)17(9(2)16-8)7-10-4-11(14(19)20)6-12(15)5-10/h3-6,19-20H,7H2,1-2H3. The molecule has 7 heteroatoms. The Morgan fingerprint density at radius 1 is 1.25 bits per heavy atom. The van der Waals surface area contributed by atoms with Crippen molar-refractivity contribution in [3.05, 3.63) is 57.5 Å². The molecular weight excluding hydrogens is 262 g/mol. The first kappa shape index (κ1) is 14.4. The maximum atomic E-state index is 13.4. The van der Waals surface area contributed by atoms with Crippen LogP contribution in [0.5, 0.6) is 0 Å². The molecule has 0 aliphatic carbocycles. The monoisotopic (exact) mass is 276 g/mol. The van der Waals surface area contributed by atoms with Gasteiger partial charge >= 0.3 is 7.12 Å². The van der Waals surface area contributed by atoms with Crippen LogP contribution in [0.1, 0.15) is 17.1 Å². The van der Waals surface area contributed by atoms with Gasteiger partial charge in [-0.15, -0.1) is 0 Å². The lowest BCUT2D eigenvalue weighted by molar-refractivity contribution is 0.425. The number of aromatic nitrogens is 2. The third kappa shape index (κ3) is 3.12. The molecule has 104 valence electrons. The van der Waals surface area contributed by atoms with Crippen LogP contribution in [0.2, 0.25) is 0 Å². The maximum absolute atomic E-state index is 13.4. The predicted octanol–water partition coefficient (Wildman–Crippen LogP) is -0.273. The van der Waals surface area contributed by atoms with Crippen LogP contribution in [0.3, 0.4) is 0 Å². The molecule has 2 rings (SSSR count). The van der Waals surface area contributed by atoms with E-state index < -0.39 is 12.9 Å². The third-order valence-electron chi connectivity index (χ3n) is 2.95. The fourth-order valence-electron chi connectivity index (χ4n) is 2.05. The molecule has 1 aromatic heterocycles. The SMILES string of the molecule is Cc1cc(=O)n(Cc2cc(F)cc(B(O)O)c2)c(C)n1. The molecule has 0 spiro atoms. The number of benzene rings is 1. The van der Waals surface area contributed by atoms with Gasteiger partial charge in [-0.1, -0.05) is 6.07 Å². The molecule has 2 aromatic rings. The van der Waals surface area contributed by atoms with E-state index in [1.165, 1.54) is 22.8 Å². The van der Waals surface area contributed by atoms with Crippen molar-refractivity contribution in [2.75, 3.05) is 0 Å². The Kier molecular flexibility index (Phi) is 4.01. The molecule has 1 heterocycles. The minimum Gasteiger partial charge on any atom is -0.423 e.